The summed E-state index contributed by atoms with van der Waals surface area (Å²) < 4.78 is 0. The molecule has 4 nitrogen and oxygen atoms in total. The molecule has 2 unspecified atom stereocenters. The summed E-state index contributed by atoms with van der Waals surface area (Å²) in [4.78, 5) is 10.5. The van der Waals surface area contributed by atoms with Gasteiger partial charge in [0.25, 0.3) is 0 Å². The summed E-state index contributed by atoms with van der Waals surface area (Å²) in [5.74, 6) is -0.164. The summed E-state index contributed by atoms with van der Waals surface area (Å²) >= 11 is 0. The van der Waals surface area contributed by atoms with Crippen molar-refractivity contribution in [3.63, 3.8) is 0 Å². The molecule has 0 spiro atoms. The van der Waals surface area contributed by atoms with Crippen molar-refractivity contribution < 1.29 is 4.79 Å². The van der Waals surface area contributed by atoms with E-state index in [0.717, 1.165) is 19.3 Å². The lowest BCUT2D eigenvalue weighted by molar-refractivity contribution is -0.118. The third-order valence-electron chi connectivity index (χ3n) is 4.80. The van der Waals surface area contributed by atoms with E-state index in [2.05, 4.69) is 25.7 Å². The predicted octanol–water partition coefficient (Wildman–Crippen LogP) is 5.75. The van der Waals surface area contributed by atoms with E-state index >= 15 is 0 Å². The minimum absolute atomic E-state index is 0.0764. The molecular weight excluding hydrogens is 346 g/mol. The molecule has 0 aromatic heterocycles. The lowest BCUT2D eigenvalue weighted by atomic mass is 10.1. The molecule has 0 rings (SSSR count). The lowest BCUT2D eigenvalue weighted by Gasteiger charge is -2.11. The van der Waals surface area contributed by atoms with Crippen molar-refractivity contribution in [3.8, 4) is 0 Å². The molecule has 0 aliphatic rings. The van der Waals surface area contributed by atoms with E-state index in [0.29, 0.717) is 6.42 Å². The molecule has 0 aliphatic carbocycles. The first-order chi connectivity index (χ1) is 13.5. The monoisotopic (exact) mass is 395 g/mol. The lowest BCUT2D eigenvalue weighted by Crippen LogP contribution is -2.38. The van der Waals surface area contributed by atoms with Crippen molar-refractivity contribution in [2.24, 2.45) is 17.2 Å². The van der Waals surface area contributed by atoms with Gasteiger partial charge in [-0.15, -0.1) is 6.58 Å². The molecule has 0 radical (unpaired) electrons. The maximum atomic E-state index is 10.5. The Morgan fingerprint density at radius 2 is 1.32 bits per heavy atom. The Balaban J connectivity index is 0. The first kappa shape index (κ1) is 29.1. The van der Waals surface area contributed by atoms with E-state index in [9.17, 15) is 4.79 Å². The quantitative estimate of drug-likeness (QED) is 0.204. The molecule has 0 aliphatic heterocycles. The van der Waals surface area contributed by atoms with E-state index in [1.165, 1.54) is 70.6 Å². The zero-order chi connectivity index (χ0) is 21.5. The normalized spacial score (nSPS) is 13.0. The Bertz CT molecular complexity index is 367. The van der Waals surface area contributed by atoms with Gasteiger partial charge in [-0.1, -0.05) is 76.5 Å². The number of carbonyl (C=O) groups excluding carboxylic acids is 1. The van der Waals surface area contributed by atoms with Crippen molar-refractivity contribution in [1.29, 1.82) is 0 Å². The van der Waals surface area contributed by atoms with Crippen LogP contribution < -0.4 is 17.2 Å². The number of allylic oxidation sites excluding steroid dienone is 2. The summed E-state index contributed by atoms with van der Waals surface area (Å²) in [5.41, 5.74) is 16.1. The van der Waals surface area contributed by atoms with Crippen LogP contribution in [0, 0.1) is 0 Å². The molecule has 0 aromatic carbocycles. The van der Waals surface area contributed by atoms with Gasteiger partial charge in [-0.2, -0.15) is 0 Å². The SMILES string of the molecule is C=CCC(N)C(C)N.CCCCCCCC/C=C\CCCCCCCC(N)=O. The van der Waals surface area contributed by atoms with Crippen LogP contribution in [0.1, 0.15) is 110 Å². The predicted molar refractivity (Wildman–Crippen MR) is 125 cm³/mol. The highest BCUT2D eigenvalue weighted by atomic mass is 16.1. The molecular formula is C24H49N3O. The number of carbonyl (C=O) groups is 1. The first-order valence-electron chi connectivity index (χ1n) is 11.5. The van der Waals surface area contributed by atoms with Crippen LogP contribution in [0.3, 0.4) is 0 Å². The minimum Gasteiger partial charge on any atom is -0.370 e. The Kier molecular flexibility index (Phi) is 24.8. The summed E-state index contributed by atoms with van der Waals surface area (Å²) in [6.07, 6.45) is 24.5. The molecule has 2 atom stereocenters. The minimum atomic E-state index is -0.164. The molecule has 6 N–H and O–H groups in total. The first-order valence-corrected chi connectivity index (χ1v) is 11.5. The summed E-state index contributed by atoms with van der Waals surface area (Å²) in [6, 6.07) is 0.153. The molecule has 0 fully saturated rings. The highest BCUT2D eigenvalue weighted by molar-refractivity contribution is 5.73. The highest BCUT2D eigenvalue weighted by Gasteiger charge is 2.03. The average molecular weight is 396 g/mol. The number of rotatable bonds is 18. The highest BCUT2D eigenvalue weighted by Crippen LogP contribution is 2.09. The third kappa shape index (κ3) is 27.1. The fourth-order valence-electron chi connectivity index (χ4n) is 2.78. The standard InChI is InChI=1S/C18H35NO.C6H14N2/c1-2-3-4-5-6-7-8-9-10-11-12-13-14-15-16-17-18(19)20;1-3-4-6(8)5(2)7/h9-10H,2-8,11-17H2,1H3,(H2,19,20);3,5-6H,1,4,7-8H2,2H3/b10-9-;. The second-order valence-corrected chi connectivity index (χ2v) is 7.85. The van der Waals surface area contributed by atoms with E-state index in [-0.39, 0.29) is 18.0 Å². The molecule has 0 saturated carbocycles. The zero-order valence-electron chi connectivity index (χ0n) is 18.8. The van der Waals surface area contributed by atoms with Crippen LogP contribution in [0.2, 0.25) is 0 Å². The number of unbranched alkanes of at least 4 members (excludes halogenated alkanes) is 11. The Hall–Kier alpha value is -1.13. The number of primary amides is 1. The van der Waals surface area contributed by atoms with Crippen molar-refractivity contribution in [2.75, 3.05) is 0 Å². The fourth-order valence-corrected chi connectivity index (χ4v) is 2.78. The smallest absolute Gasteiger partial charge is 0.217 e. The largest absolute Gasteiger partial charge is 0.370 e. The molecule has 28 heavy (non-hydrogen) atoms. The van der Waals surface area contributed by atoms with E-state index in [1.54, 1.807) is 6.08 Å². The fraction of sp³-hybridized carbons (Fsp3) is 0.792. The van der Waals surface area contributed by atoms with Gasteiger partial charge in [0, 0.05) is 18.5 Å². The Morgan fingerprint density at radius 3 is 1.71 bits per heavy atom. The van der Waals surface area contributed by atoms with Crippen molar-refractivity contribution in [1.82, 2.24) is 0 Å². The Labute approximate surface area is 175 Å². The molecule has 1 amide bonds. The van der Waals surface area contributed by atoms with Crippen LogP contribution in [0.15, 0.2) is 24.8 Å². The Morgan fingerprint density at radius 1 is 0.857 bits per heavy atom. The summed E-state index contributed by atoms with van der Waals surface area (Å²) in [5, 5.41) is 0. The maximum Gasteiger partial charge on any atom is 0.217 e. The van der Waals surface area contributed by atoms with E-state index < -0.39 is 0 Å². The van der Waals surface area contributed by atoms with Gasteiger partial charge in [-0.25, -0.2) is 0 Å². The third-order valence-corrected chi connectivity index (χ3v) is 4.80. The number of nitrogens with two attached hydrogens (primary N) is 3. The van der Waals surface area contributed by atoms with Gasteiger partial charge in [0.2, 0.25) is 5.91 Å². The number of hydrogen-bond acceptors (Lipinski definition) is 3. The van der Waals surface area contributed by atoms with Gasteiger partial charge in [0.15, 0.2) is 0 Å². The average Bonchev–Trinajstić information content (AvgIpc) is 2.65. The van der Waals surface area contributed by atoms with Crippen LogP contribution in [-0.2, 0) is 4.79 Å². The van der Waals surface area contributed by atoms with Gasteiger partial charge in [0.05, 0.1) is 0 Å². The van der Waals surface area contributed by atoms with Gasteiger partial charge >= 0.3 is 0 Å². The van der Waals surface area contributed by atoms with Crippen LogP contribution in [0.4, 0.5) is 0 Å². The van der Waals surface area contributed by atoms with Crippen molar-refractivity contribution in [2.45, 2.75) is 122 Å². The van der Waals surface area contributed by atoms with E-state index in [4.69, 9.17) is 17.2 Å². The topological polar surface area (TPSA) is 95.1 Å². The second kappa shape index (κ2) is 23.9. The number of hydrogen-bond donors (Lipinski definition) is 3. The van der Waals surface area contributed by atoms with Gasteiger partial charge in [-0.3, -0.25) is 4.79 Å². The van der Waals surface area contributed by atoms with Gasteiger partial charge in [-0.05, 0) is 45.4 Å². The summed E-state index contributed by atoms with van der Waals surface area (Å²) in [7, 11) is 0. The van der Waals surface area contributed by atoms with Crippen LogP contribution >= 0.6 is 0 Å². The molecule has 0 heterocycles. The summed E-state index contributed by atoms with van der Waals surface area (Å²) in [6.45, 7) is 7.71. The van der Waals surface area contributed by atoms with Crippen LogP contribution in [0.5, 0.6) is 0 Å². The zero-order valence-corrected chi connectivity index (χ0v) is 18.8. The maximum absolute atomic E-state index is 10.5. The molecule has 0 aromatic rings. The number of amides is 1. The van der Waals surface area contributed by atoms with E-state index in [1.807, 2.05) is 6.92 Å². The van der Waals surface area contributed by atoms with Crippen molar-refractivity contribution >= 4 is 5.91 Å². The van der Waals surface area contributed by atoms with Gasteiger partial charge in [0.1, 0.15) is 0 Å². The van der Waals surface area contributed by atoms with Crippen LogP contribution in [-0.4, -0.2) is 18.0 Å². The molecule has 166 valence electrons. The molecule has 0 bridgehead atoms. The second-order valence-electron chi connectivity index (χ2n) is 7.85. The van der Waals surface area contributed by atoms with Crippen LogP contribution in [0.25, 0.3) is 0 Å². The molecule has 4 heteroatoms. The van der Waals surface area contributed by atoms with Gasteiger partial charge < -0.3 is 17.2 Å². The molecule has 0 saturated heterocycles. The van der Waals surface area contributed by atoms with Crippen molar-refractivity contribution in [3.05, 3.63) is 24.8 Å².